The minimum Gasteiger partial charge on any atom is -0.440 e. The van der Waals surface area contributed by atoms with E-state index in [0.717, 1.165) is 0 Å². The number of hydrogen-bond acceptors (Lipinski definition) is 3. The van der Waals surface area contributed by atoms with Crippen molar-refractivity contribution in [2.45, 2.75) is 31.9 Å². The highest BCUT2D eigenvalue weighted by Gasteiger charge is 2.52. The normalized spacial score (nSPS) is 33.8. The van der Waals surface area contributed by atoms with E-state index < -0.39 is 17.2 Å². The van der Waals surface area contributed by atoms with Crippen molar-refractivity contribution in [2.75, 3.05) is 0 Å². The van der Waals surface area contributed by atoms with E-state index in [1.807, 2.05) is 6.07 Å². The first-order valence-electron chi connectivity index (χ1n) is 3.34. The van der Waals surface area contributed by atoms with Crippen LogP contribution in [0.3, 0.4) is 0 Å². The minimum atomic E-state index is -0.913. The van der Waals surface area contributed by atoms with Gasteiger partial charge in [0, 0.05) is 0 Å². The number of hydrogen-bond donors (Lipinski definition) is 1. The van der Waals surface area contributed by atoms with Crippen LogP contribution >= 0.6 is 0 Å². The third-order valence-corrected chi connectivity index (χ3v) is 2.13. The summed E-state index contributed by atoms with van der Waals surface area (Å²) >= 11 is 0. The lowest BCUT2D eigenvalue weighted by Gasteiger charge is -2.27. The number of carbonyl (C=O) groups is 1. The quantitative estimate of drug-likeness (QED) is 0.561. The lowest BCUT2D eigenvalue weighted by molar-refractivity contribution is 0.0556. The Morgan fingerprint density at radius 2 is 2.09 bits per heavy atom. The van der Waals surface area contributed by atoms with E-state index in [9.17, 15) is 4.79 Å². The highest BCUT2D eigenvalue weighted by molar-refractivity contribution is 5.73. The van der Waals surface area contributed by atoms with Gasteiger partial charge in [-0.15, -0.1) is 0 Å². The van der Waals surface area contributed by atoms with Crippen molar-refractivity contribution in [2.24, 2.45) is 0 Å². The van der Waals surface area contributed by atoms with Gasteiger partial charge in [0.2, 0.25) is 0 Å². The van der Waals surface area contributed by atoms with E-state index in [1.165, 1.54) is 0 Å². The SMILES string of the molecule is CC1(C#N)NC(=O)OC1(C)C. The summed E-state index contributed by atoms with van der Waals surface area (Å²) in [5.41, 5.74) is -1.66. The first-order chi connectivity index (χ1) is 4.91. The molecule has 1 N–H and O–H groups in total. The van der Waals surface area contributed by atoms with E-state index in [0.29, 0.717) is 0 Å². The average molecular weight is 154 g/mol. The van der Waals surface area contributed by atoms with E-state index >= 15 is 0 Å². The van der Waals surface area contributed by atoms with E-state index in [4.69, 9.17) is 10.00 Å². The Labute approximate surface area is 65.1 Å². The van der Waals surface area contributed by atoms with Gasteiger partial charge >= 0.3 is 6.09 Å². The number of nitrogens with one attached hydrogen (secondary N) is 1. The summed E-state index contributed by atoms with van der Waals surface area (Å²) in [5, 5.41) is 11.2. The molecule has 60 valence electrons. The Bertz CT molecular complexity index is 241. The van der Waals surface area contributed by atoms with Crippen LogP contribution in [-0.2, 0) is 4.74 Å². The predicted molar refractivity (Wildman–Crippen MR) is 37.7 cm³/mol. The van der Waals surface area contributed by atoms with E-state index in [2.05, 4.69) is 5.32 Å². The van der Waals surface area contributed by atoms with Gasteiger partial charge in [-0.2, -0.15) is 5.26 Å². The van der Waals surface area contributed by atoms with Crippen molar-refractivity contribution in [3.63, 3.8) is 0 Å². The second-order valence-corrected chi connectivity index (χ2v) is 3.26. The van der Waals surface area contributed by atoms with Crippen molar-refractivity contribution in [3.8, 4) is 6.07 Å². The summed E-state index contributed by atoms with van der Waals surface area (Å²) in [7, 11) is 0. The zero-order valence-electron chi connectivity index (χ0n) is 6.76. The smallest absolute Gasteiger partial charge is 0.409 e. The van der Waals surface area contributed by atoms with Crippen molar-refractivity contribution >= 4 is 6.09 Å². The molecule has 4 nitrogen and oxygen atoms in total. The molecule has 0 aliphatic carbocycles. The van der Waals surface area contributed by atoms with Crippen LogP contribution in [0.2, 0.25) is 0 Å². The summed E-state index contributed by atoms with van der Waals surface area (Å²) < 4.78 is 4.88. The van der Waals surface area contributed by atoms with Crippen molar-refractivity contribution < 1.29 is 9.53 Å². The predicted octanol–water partition coefficient (Wildman–Crippen LogP) is 0.787. The number of rotatable bonds is 0. The first kappa shape index (κ1) is 7.86. The van der Waals surface area contributed by atoms with Crippen LogP contribution in [0, 0.1) is 11.3 Å². The average Bonchev–Trinajstić information content (AvgIpc) is 2.03. The number of ether oxygens (including phenoxy) is 1. The Morgan fingerprint density at radius 1 is 1.55 bits per heavy atom. The summed E-state index contributed by atoms with van der Waals surface area (Å²) in [4.78, 5) is 10.7. The van der Waals surface area contributed by atoms with Gasteiger partial charge in [-0.05, 0) is 20.8 Å². The molecule has 0 aromatic carbocycles. The molecule has 0 aromatic rings. The fourth-order valence-electron chi connectivity index (χ4n) is 0.877. The molecular formula is C7H10N2O2. The summed E-state index contributed by atoms with van der Waals surface area (Å²) in [6, 6.07) is 2.00. The van der Waals surface area contributed by atoms with Gasteiger partial charge in [0.25, 0.3) is 0 Å². The van der Waals surface area contributed by atoms with Crippen LogP contribution in [0.15, 0.2) is 0 Å². The fourth-order valence-corrected chi connectivity index (χ4v) is 0.877. The van der Waals surface area contributed by atoms with Gasteiger partial charge in [0.15, 0.2) is 5.54 Å². The molecule has 1 rings (SSSR count). The maximum absolute atomic E-state index is 10.7. The lowest BCUT2D eigenvalue weighted by Crippen LogP contribution is -2.50. The highest BCUT2D eigenvalue weighted by Crippen LogP contribution is 2.30. The monoisotopic (exact) mass is 154 g/mol. The van der Waals surface area contributed by atoms with Gasteiger partial charge < -0.3 is 4.74 Å². The molecule has 0 bridgehead atoms. The van der Waals surface area contributed by atoms with Crippen molar-refractivity contribution in [1.29, 1.82) is 5.26 Å². The maximum Gasteiger partial charge on any atom is 0.409 e. The molecule has 11 heavy (non-hydrogen) atoms. The molecule has 4 heteroatoms. The number of amides is 1. The minimum absolute atomic E-state index is 0.529. The Kier molecular flexibility index (Phi) is 1.34. The van der Waals surface area contributed by atoms with Crippen LogP contribution in [0.5, 0.6) is 0 Å². The molecule has 0 radical (unpaired) electrons. The number of alkyl carbamates (subject to hydrolysis) is 1. The Morgan fingerprint density at radius 3 is 2.27 bits per heavy atom. The molecule has 0 saturated carbocycles. The highest BCUT2D eigenvalue weighted by atomic mass is 16.6. The molecule has 1 aliphatic rings. The van der Waals surface area contributed by atoms with Crippen LogP contribution in [0.25, 0.3) is 0 Å². The second kappa shape index (κ2) is 1.88. The van der Waals surface area contributed by atoms with Gasteiger partial charge in [-0.3, -0.25) is 5.32 Å². The standard InChI is InChI=1S/C7H10N2O2/c1-6(2)7(3,4-8)9-5(10)11-6/h1-3H3,(H,9,10). The van der Waals surface area contributed by atoms with Crippen LogP contribution in [-0.4, -0.2) is 17.2 Å². The molecule has 1 saturated heterocycles. The molecule has 1 fully saturated rings. The summed E-state index contributed by atoms with van der Waals surface area (Å²) in [6.07, 6.45) is -0.529. The Hall–Kier alpha value is -1.24. The van der Waals surface area contributed by atoms with E-state index in [1.54, 1.807) is 20.8 Å². The first-order valence-corrected chi connectivity index (χ1v) is 3.34. The lowest BCUT2D eigenvalue weighted by atomic mass is 9.87. The van der Waals surface area contributed by atoms with Crippen LogP contribution in [0.1, 0.15) is 20.8 Å². The van der Waals surface area contributed by atoms with Crippen LogP contribution in [0.4, 0.5) is 4.79 Å². The zero-order chi connectivity index (χ0) is 8.70. The number of cyclic esters (lactones) is 1. The largest absolute Gasteiger partial charge is 0.440 e. The molecule has 1 unspecified atom stereocenters. The molecule has 1 aliphatic heterocycles. The topological polar surface area (TPSA) is 62.1 Å². The van der Waals surface area contributed by atoms with Crippen molar-refractivity contribution in [3.05, 3.63) is 0 Å². The zero-order valence-corrected chi connectivity index (χ0v) is 6.76. The van der Waals surface area contributed by atoms with E-state index in [-0.39, 0.29) is 0 Å². The molecule has 0 spiro atoms. The molecule has 1 amide bonds. The molecular weight excluding hydrogens is 144 g/mol. The van der Waals surface area contributed by atoms with Gasteiger partial charge in [-0.25, -0.2) is 4.79 Å². The molecule has 0 aromatic heterocycles. The summed E-state index contributed by atoms with van der Waals surface area (Å²) in [6.45, 7) is 5.04. The molecule has 1 heterocycles. The van der Waals surface area contributed by atoms with Gasteiger partial charge in [0.1, 0.15) is 5.60 Å². The van der Waals surface area contributed by atoms with Gasteiger partial charge in [0.05, 0.1) is 6.07 Å². The summed E-state index contributed by atoms with van der Waals surface area (Å²) in [5.74, 6) is 0. The maximum atomic E-state index is 10.7. The van der Waals surface area contributed by atoms with Crippen molar-refractivity contribution in [1.82, 2.24) is 5.32 Å². The number of nitrogens with zero attached hydrogens (tertiary/aromatic N) is 1. The number of nitriles is 1. The fraction of sp³-hybridized carbons (Fsp3) is 0.714. The van der Waals surface area contributed by atoms with Gasteiger partial charge in [-0.1, -0.05) is 0 Å². The Balaban J connectivity index is 3.01. The third-order valence-electron chi connectivity index (χ3n) is 2.13. The molecule has 1 atom stereocenters. The number of carbonyl (C=O) groups excluding carboxylic acids is 1. The van der Waals surface area contributed by atoms with Crippen LogP contribution < -0.4 is 5.32 Å². The second-order valence-electron chi connectivity index (χ2n) is 3.26. The third kappa shape index (κ3) is 0.929.